The topological polar surface area (TPSA) is 30.9 Å². The molecule has 1 atom stereocenters. The molecule has 1 unspecified atom stereocenters. The Kier molecular flexibility index (Phi) is 5.17. The fraction of sp³-hybridized carbons (Fsp3) is 0.360. The fourth-order valence-electron chi connectivity index (χ4n) is 4.90. The van der Waals surface area contributed by atoms with Crippen molar-refractivity contribution in [1.29, 1.82) is 0 Å². The highest BCUT2D eigenvalue weighted by Gasteiger charge is 2.35. The minimum Gasteiger partial charge on any atom is -0.497 e. The molecule has 2 aromatic carbocycles. The summed E-state index contributed by atoms with van der Waals surface area (Å²) in [6.45, 7) is 2.01. The van der Waals surface area contributed by atoms with Crippen LogP contribution in [0.15, 0.2) is 42.5 Å². The zero-order valence-corrected chi connectivity index (χ0v) is 18.6. The number of rotatable bonds is 5. The molecule has 1 aromatic heterocycles. The summed E-state index contributed by atoms with van der Waals surface area (Å²) in [6, 6.07) is 15.3. The van der Waals surface area contributed by atoms with Gasteiger partial charge in [0.05, 0.1) is 21.3 Å². The molecule has 0 saturated heterocycles. The summed E-state index contributed by atoms with van der Waals surface area (Å²) < 4.78 is 16.8. The molecule has 5 rings (SSSR count). The summed E-state index contributed by atoms with van der Waals surface area (Å²) in [4.78, 5) is 5.58. The molecule has 0 radical (unpaired) electrons. The minimum absolute atomic E-state index is 0.414. The number of ether oxygens (including phenoxy) is 3. The van der Waals surface area contributed by atoms with E-state index in [0.717, 1.165) is 49.6 Å². The third-order valence-electron chi connectivity index (χ3n) is 6.37. The van der Waals surface area contributed by atoms with Crippen LogP contribution in [0, 0.1) is 0 Å². The van der Waals surface area contributed by atoms with E-state index in [2.05, 4.69) is 29.2 Å². The number of methoxy groups -OCH3 is 3. The zero-order valence-electron chi connectivity index (χ0n) is 17.7. The molecular formula is C25H27NO3S. The Labute approximate surface area is 182 Å². The van der Waals surface area contributed by atoms with Crippen molar-refractivity contribution in [1.82, 2.24) is 4.90 Å². The van der Waals surface area contributed by atoms with E-state index in [9.17, 15) is 0 Å². The maximum Gasteiger partial charge on any atom is 0.123 e. The van der Waals surface area contributed by atoms with Crippen LogP contribution in [0.5, 0.6) is 17.2 Å². The smallest absolute Gasteiger partial charge is 0.123 e. The Morgan fingerprint density at radius 2 is 1.77 bits per heavy atom. The van der Waals surface area contributed by atoms with Gasteiger partial charge in [-0.15, -0.1) is 11.3 Å². The standard InChI is InChI=1S/C25H27NO3S/c1-27-17-6-4-5-16(11-17)12-18-13-20-22-14-19-21(15-26(22)10-9-25(20)30-18)24(29-3)8-7-23(19)28-2/h4-8,11,13,22H,9-10,12,14-15H2,1-3H3. The van der Waals surface area contributed by atoms with Crippen LogP contribution in [0.2, 0.25) is 0 Å². The van der Waals surface area contributed by atoms with E-state index >= 15 is 0 Å². The third-order valence-corrected chi connectivity index (χ3v) is 7.59. The quantitative estimate of drug-likeness (QED) is 0.579. The molecule has 3 aromatic rings. The first kappa shape index (κ1) is 19.5. The summed E-state index contributed by atoms with van der Waals surface area (Å²) in [5.41, 5.74) is 5.37. The number of hydrogen-bond acceptors (Lipinski definition) is 5. The van der Waals surface area contributed by atoms with Gasteiger partial charge in [0, 0.05) is 46.4 Å². The molecule has 0 spiro atoms. The monoisotopic (exact) mass is 421 g/mol. The SMILES string of the molecule is COc1cccc(Cc2cc3c(s2)CCN2Cc4c(OC)ccc(OC)c4CC32)c1. The van der Waals surface area contributed by atoms with Gasteiger partial charge in [0.25, 0.3) is 0 Å². The van der Waals surface area contributed by atoms with Gasteiger partial charge in [-0.2, -0.15) is 0 Å². The predicted molar refractivity (Wildman–Crippen MR) is 120 cm³/mol. The number of hydrogen-bond donors (Lipinski definition) is 0. The molecule has 0 amide bonds. The lowest BCUT2D eigenvalue weighted by molar-refractivity contribution is 0.158. The summed E-state index contributed by atoms with van der Waals surface area (Å²) in [5.74, 6) is 2.87. The summed E-state index contributed by atoms with van der Waals surface area (Å²) in [7, 11) is 5.24. The maximum absolute atomic E-state index is 5.70. The van der Waals surface area contributed by atoms with Gasteiger partial charge < -0.3 is 14.2 Å². The van der Waals surface area contributed by atoms with Crippen LogP contribution in [-0.2, 0) is 25.8 Å². The van der Waals surface area contributed by atoms with Crippen LogP contribution in [0.1, 0.15) is 38.0 Å². The van der Waals surface area contributed by atoms with Crippen molar-refractivity contribution in [2.24, 2.45) is 0 Å². The van der Waals surface area contributed by atoms with E-state index in [4.69, 9.17) is 14.2 Å². The van der Waals surface area contributed by atoms with Crippen molar-refractivity contribution >= 4 is 11.3 Å². The molecule has 5 heteroatoms. The molecule has 2 aliphatic heterocycles. The Bertz CT molecular complexity index is 1070. The maximum atomic E-state index is 5.70. The number of thiophene rings is 1. The Morgan fingerprint density at radius 3 is 2.53 bits per heavy atom. The van der Waals surface area contributed by atoms with E-state index < -0.39 is 0 Å². The average Bonchev–Trinajstić information content (AvgIpc) is 3.20. The van der Waals surface area contributed by atoms with Gasteiger partial charge in [-0.3, -0.25) is 4.90 Å². The van der Waals surface area contributed by atoms with E-state index in [1.165, 1.54) is 27.1 Å². The molecule has 156 valence electrons. The molecule has 0 saturated carbocycles. The van der Waals surface area contributed by atoms with Crippen LogP contribution >= 0.6 is 11.3 Å². The van der Waals surface area contributed by atoms with Crippen LogP contribution in [0.25, 0.3) is 0 Å². The molecule has 2 aliphatic rings. The predicted octanol–water partition coefficient (Wildman–Crippen LogP) is 5.02. The zero-order chi connectivity index (χ0) is 20.7. The van der Waals surface area contributed by atoms with Crippen LogP contribution in [0.4, 0.5) is 0 Å². The van der Waals surface area contributed by atoms with Crippen molar-refractivity contribution in [3.63, 3.8) is 0 Å². The molecule has 3 heterocycles. The molecule has 0 fully saturated rings. The first-order chi connectivity index (χ1) is 14.7. The lowest BCUT2D eigenvalue weighted by Crippen LogP contribution is -2.39. The first-order valence-electron chi connectivity index (χ1n) is 10.4. The van der Waals surface area contributed by atoms with Crippen LogP contribution < -0.4 is 14.2 Å². The Morgan fingerprint density at radius 1 is 0.967 bits per heavy atom. The molecular weight excluding hydrogens is 394 g/mol. The third kappa shape index (κ3) is 3.36. The molecule has 4 nitrogen and oxygen atoms in total. The number of benzene rings is 2. The molecule has 0 bridgehead atoms. The van der Waals surface area contributed by atoms with Crippen molar-refractivity contribution in [3.8, 4) is 17.2 Å². The van der Waals surface area contributed by atoms with Crippen LogP contribution in [0.3, 0.4) is 0 Å². The highest BCUT2D eigenvalue weighted by molar-refractivity contribution is 7.12. The highest BCUT2D eigenvalue weighted by Crippen LogP contribution is 2.45. The van der Waals surface area contributed by atoms with Gasteiger partial charge in [-0.05, 0) is 54.3 Å². The molecule has 0 aliphatic carbocycles. The van der Waals surface area contributed by atoms with Gasteiger partial charge in [0.1, 0.15) is 17.2 Å². The van der Waals surface area contributed by atoms with E-state index in [-0.39, 0.29) is 0 Å². The molecule has 0 N–H and O–H groups in total. The largest absolute Gasteiger partial charge is 0.497 e. The second-order valence-electron chi connectivity index (χ2n) is 7.99. The van der Waals surface area contributed by atoms with E-state index in [1.54, 1.807) is 26.2 Å². The van der Waals surface area contributed by atoms with Crippen molar-refractivity contribution in [2.45, 2.75) is 31.8 Å². The summed E-state index contributed by atoms with van der Waals surface area (Å²) >= 11 is 1.97. The lowest BCUT2D eigenvalue weighted by atomic mass is 9.86. The second kappa shape index (κ2) is 7.97. The normalized spacial score (nSPS) is 17.6. The van der Waals surface area contributed by atoms with Gasteiger partial charge >= 0.3 is 0 Å². The van der Waals surface area contributed by atoms with Crippen molar-refractivity contribution in [3.05, 3.63) is 74.5 Å². The van der Waals surface area contributed by atoms with Gasteiger partial charge in [0.15, 0.2) is 0 Å². The summed E-state index contributed by atoms with van der Waals surface area (Å²) in [5, 5.41) is 0. The van der Waals surface area contributed by atoms with Crippen molar-refractivity contribution < 1.29 is 14.2 Å². The summed E-state index contributed by atoms with van der Waals surface area (Å²) in [6.07, 6.45) is 3.05. The van der Waals surface area contributed by atoms with Gasteiger partial charge in [-0.25, -0.2) is 0 Å². The molecule has 30 heavy (non-hydrogen) atoms. The average molecular weight is 422 g/mol. The minimum atomic E-state index is 0.414. The second-order valence-corrected chi connectivity index (χ2v) is 9.21. The van der Waals surface area contributed by atoms with Crippen LogP contribution in [-0.4, -0.2) is 32.8 Å². The van der Waals surface area contributed by atoms with E-state index in [1.807, 2.05) is 29.5 Å². The number of fused-ring (bicyclic) bond motifs is 4. The van der Waals surface area contributed by atoms with Gasteiger partial charge in [-0.1, -0.05) is 12.1 Å². The highest BCUT2D eigenvalue weighted by atomic mass is 32.1. The first-order valence-corrected chi connectivity index (χ1v) is 11.2. The van der Waals surface area contributed by atoms with E-state index in [0.29, 0.717) is 6.04 Å². The Hall–Kier alpha value is -2.50. The Balaban J connectivity index is 1.46. The fourth-order valence-corrected chi connectivity index (χ4v) is 6.15. The number of nitrogens with zero attached hydrogens (tertiary/aromatic N) is 1. The van der Waals surface area contributed by atoms with Gasteiger partial charge in [0.2, 0.25) is 0 Å². The lowest BCUT2D eigenvalue weighted by Gasteiger charge is -2.41. The van der Waals surface area contributed by atoms with Crippen molar-refractivity contribution in [2.75, 3.05) is 27.9 Å².